The Hall–Kier alpha value is -6.45. The molecular weight excluding hydrogens is 583 g/mol. The first-order valence-electron chi connectivity index (χ1n) is 16.4. The number of nitrogens with zero attached hydrogens (tertiary/aromatic N) is 3. The summed E-state index contributed by atoms with van der Waals surface area (Å²) in [5.41, 5.74) is 12.5. The molecule has 0 amide bonds. The van der Waals surface area contributed by atoms with Gasteiger partial charge in [0.2, 0.25) is 0 Å². The Morgan fingerprint density at radius 2 is 1.06 bits per heavy atom. The van der Waals surface area contributed by atoms with Crippen LogP contribution in [0.25, 0.3) is 71.9 Å². The van der Waals surface area contributed by atoms with Crippen LogP contribution < -0.4 is 4.90 Å². The normalized spacial score (nSPS) is 12.1. The van der Waals surface area contributed by atoms with E-state index in [0.717, 1.165) is 45.2 Å². The fraction of sp³-hybridized carbons (Fsp3) is 0. The van der Waals surface area contributed by atoms with Crippen molar-refractivity contribution >= 4 is 49.6 Å². The zero-order valence-electron chi connectivity index (χ0n) is 26.1. The monoisotopic (exact) mass is 611 g/mol. The third kappa shape index (κ3) is 4.04. The van der Waals surface area contributed by atoms with Crippen LogP contribution in [-0.2, 0) is 0 Å². The first-order chi connectivity index (χ1) is 23.8. The van der Waals surface area contributed by atoms with E-state index < -0.39 is 0 Å². The van der Waals surface area contributed by atoms with E-state index in [4.69, 9.17) is 4.98 Å². The molecule has 0 bridgehead atoms. The van der Waals surface area contributed by atoms with E-state index in [1.165, 1.54) is 43.8 Å². The molecule has 8 aromatic carbocycles. The minimum absolute atomic E-state index is 0.951. The first-order valence-corrected chi connectivity index (χ1v) is 16.4. The highest BCUT2D eigenvalue weighted by Gasteiger charge is 2.29. The standard InChI is InChI=1S/C45H29N3/c1-3-12-32(13-4-1)45-46-40-20-11-21-42-44(40)48(45)41-27-26-33(29-43(41)47(42)35-15-5-2-6-16-35)30-22-24-31(25-23-30)39-28-34-14-7-8-17-36(34)37-18-9-10-19-38(37)39/h1-29H. The van der Waals surface area contributed by atoms with E-state index in [2.05, 4.69) is 185 Å². The maximum atomic E-state index is 5.18. The molecule has 10 rings (SSSR count). The lowest BCUT2D eigenvalue weighted by Gasteiger charge is -2.33. The van der Waals surface area contributed by atoms with Gasteiger partial charge in [0.25, 0.3) is 0 Å². The number of fused-ring (bicyclic) bond motifs is 5. The van der Waals surface area contributed by atoms with Crippen LogP contribution in [0.3, 0.4) is 0 Å². The Labute approximate surface area is 278 Å². The molecule has 0 aliphatic carbocycles. The van der Waals surface area contributed by atoms with Gasteiger partial charge in [0.15, 0.2) is 0 Å². The lowest BCUT2D eigenvalue weighted by Crippen LogP contribution is -2.18. The van der Waals surface area contributed by atoms with Crippen LogP contribution in [0.15, 0.2) is 176 Å². The van der Waals surface area contributed by atoms with Crippen molar-refractivity contribution in [1.29, 1.82) is 0 Å². The fourth-order valence-corrected chi connectivity index (χ4v) is 7.50. The van der Waals surface area contributed by atoms with Crippen LogP contribution in [0.2, 0.25) is 0 Å². The lowest BCUT2D eigenvalue weighted by atomic mass is 9.92. The van der Waals surface area contributed by atoms with Crippen molar-refractivity contribution in [3.63, 3.8) is 0 Å². The minimum Gasteiger partial charge on any atom is -0.306 e. The second-order valence-electron chi connectivity index (χ2n) is 12.4. The van der Waals surface area contributed by atoms with Crippen LogP contribution in [0.1, 0.15) is 0 Å². The Kier molecular flexibility index (Phi) is 5.87. The number of anilines is 3. The van der Waals surface area contributed by atoms with Crippen LogP contribution in [-0.4, -0.2) is 9.55 Å². The SMILES string of the molecule is c1ccc(-c2nc3cccc4c3n2-c2ccc(-c3ccc(-c5cc6ccccc6c6ccccc56)cc3)cc2N4c2ccccc2)cc1. The Morgan fingerprint density at radius 3 is 1.88 bits per heavy atom. The van der Waals surface area contributed by atoms with Gasteiger partial charge in [-0.15, -0.1) is 0 Å². The molecule has 3 nitrogen and oxygen atoms in total. The molecule has 0 unspecified atom stereocenters. The zero-order chi connectivity index (χ0) is 31.6. The van der Waals surface area contributed by atoms with Crippen molar-refractivity contribution in [2.45, 2.75) is 0 Å². The van der Waals surface area contributed by atoms with Crippen LogP contribution in [0.5, 0.6) is 0 Å². The van der Waals surface area contributed by atoms with Gasteiger partial charge in [-0.05, 0) is 86.3 Å². The highest BCUT2D eigenvalue weighted by atomic mass is 15.2. The molecular formula is C45H29N3. The van der Waals surface area contributed by atoms with E-state index in [1.54, 1.807) is 0 Å². The molecule has 48 heavy (non-hydrogen) atoms. The summed E-state index contributed by atoms with van der Waals surface area (Å²) in [6, 6.07) is 63.2. The van der Waals surface area contributed by atoms with Gasteiger partial charge in [0, 0.05) is 11.3 Å². The topological polar surface area (TPSA) is 21.1 Å². The predicted octanol–water partition coefficient (Wildman–Crippen LogP) is 12.1. The van der Waals surface area contributed by atoms with Gasteiger partial charge in [-0.25, -0.2) is 4.98 Å². The fourth-order valence-electron chi connectivity index (χ4n) is 7.50. The number of aromatic nitrogens is 2. The smallest absolute Gasteiger partial charge is 0.145 e. The summed E-state index contributed by atoms with van der Waals surface area (Å²) in [6.07, 6.45) is 0. The van der Waals surface area contributed by atoms with Crippen molar-refractivity contribution in [1.82, 2.24) is 9.55 Å². The third-order valence-electron chi connectivity index (χ3n) is 9.70. The van der Waals surface area contributed by atoms with E-state index in [-0.39, 0.29) is 0 Å². The molecule has 1 aliphatic heterocycles. The molecule has 0 N–H and O–H groups in total. The number of imidazole rings is 1. The quantitative estimate of drug-likeness (QED) is 0.185. The lowest BCUT2D eigenvalue weighted by molar-refractivity contribution is 1.06. The molecule has 0 fully saturated rings. The van der Waals surface area contributed by atoms with E-state index >= 15 is 0 Å². The van der Waals surface area contributed by atoms with Crippen molar-refractivity contribution in [2.24, 2.45) is 0 Å². The van der Waals surface area contributed by atoms with Crippen molar-refractivity contribution in [3.8, 4) is 39.3 Å². The van der Waals surface area contributed by atoms with Crippen LogP contribution >= 0.6 is 0 Å². The molecule has 1 aliphatic rings. The molecule has 224 valence electrons. The molecule has 1 aromatic heterocycles. The zero-order valence-corrected chi connectivity index (χ0v) is 26.1. The molecule has 0 saturated heterocycles. The Morgan fingerprint density at radius 1 is 0.396 bits per heavy atom. The molecule has 3 heteroatoms. The highest BCUT2D eigenvalue weighted by Crippen LogP contribution is 2.49. The second-order valence-corrected chi connectivity index (χ2v) is 12.4. The number of rotatable bonds is 4. The van der Waals surface area contributed by atoms with Crippen molar-refractivity contribution in [3.05, 3.63) is 176 Å². The van der Waals surface area contributed by atoms with E-state index in [9.17, 15) is 0 Å². The molecule has 9 aromatic rings. The van der Waals surface area contributed by atoms with E-state index in [1.807, 2.05) is 0 Å². The number of hydrogen-bond acceptors (Lipinski definition) is 2. The molecule has 0 atom stereocenters. The van der Waals surface area contributed by atoms with Gasteiger partial charge in [-0.3, -0.25) is 4.57 Å². The second kappa shape index (κ2) is 10.5. The predicted molar refractivity (Wildman–Crippen MR) is 201 cm³/mol. The average molecular weight is 612 g/mol. The summed E-state index contributed by atoms with van der Waals surface area (Å²) in [5, 5.41) is 5.11. The van der Waals surface area contributed by atoms with Gasteiger partial charge in [-0.2, -0.15) is 0 Å². The van der Waals surface area contributed by atoms with Crippen molar-refractivity contribution < 1.29 is 0 Å². The number of hydrogen-bond donors (Lipinski definition) is 0. The summed E-state index contributed by atoms with van der Waals surface area (Å²) in [5.74, 6) is 0.951. The largest absolute Gasteiger partial charge is 0.306 e. The van der Waals surface area contributed by atoms with Gasteiger partial charge in [0.05, 0.1) is 28.1 Å². The van der Waals surface area contributed by atoms with Gasteiger partial charge < -0.3 is 4.90 Å². The number of para-hydroxylation sites is 2. The third-order valence-corrected chi connectivity index (χ3v) is 9.70. The maximum absolute atomic E-state index is 5.18. The van der Waals surface area contributed by atoms with Gasteiger partial charge in [-0.1, -0.05) is 133 Å². The Balaban J connectivity index is 1.14. The summed E-state index contributed by atoms with van der Waals surface area (Å²) >= 11 is 0. The summed E-state index contributed by atoms with van der Waals surface area (Å²) < 4.78 is 2.34. The molecule has 0 radical (unpaired) electrons. The maximum Gasteiger partial charge on any atom is 0.145 e. The first kappa shape index (κ1) is 26.7. The minimum atomic E-state index is 0.951. The summed E-state index contributed by atoms with van der Waals surface area (Å²) in [7, 11) is 0. The van der Waals surface area contributed by atoms with Crippen LogP contribution in [0, 0.1) is 0 Å². The summed E-state index contributed by atoms with van der Waals surface area (Å²) in [6.45, 7) is 0. The molecule has 2 heterocycles. The average Bonchev–Trinajstić information content (AvgIpc) is 3.56. The van der Waals surface area contributed by atoms with Crippen LogP contribution in [0.4, 0.5) is 17.1 Å². The summed E-state index contributed by atoms with van der Waals surface area (Å²) in [4.78, 5) is 7.56. The molecule has 0 spiro atoms. The number of benzene rings is 8. The van der Waals surface area contributed by atoms with Crippen molar-refractivity contribution in [2.75, 3.05) is 4.90 Å². The highest BCUT2D eigenvalue weighted by molar-refractivity contribution is 6.13. The van der Waals surface area contributed by atoms with Gasteiger partial charge in [0.1, 0.15) is 5.82 Å². The van der Waals surface area contributed by atoms with E-state index in [0.29, 0.717) is 0 Å². The van der Waals surface area contributed by atoms with Gasteiger partial charge >= 0.3 is 0 Å². The Bertz CT molecular complexity index is 2650. The molecule has 0 saturated carbocycles.